The first-order valence-corrected chi connectivity index (χ1v) is 15.0. The van der Waals surface area contributed by atoms with Crippen molar-refractivity contribution in [3.8, 4) is 5.75 Å². The normalized spacial score (nSPS) is 16.9. The van der Waals surface area contributed by atoms with Crippen molar-refractivity contribution in [1.82, 2.24) is 14.9 Å². The van der Waals surface area contributed by atoms with Crippen molar-refractivity contribution >= 4 is 79.0 Å². The molecule has 0 aliphatic carbocycles. The SMILES string of the molecule is COc1ccc(/C=C2\S/C(=N/c3nc4ccc(Cl)cc4s3)N(CCCCON3C(=O)c4ccccc4C3=O)C2=O)cc1. The van der Waals surface area contributed by atoms with E-state index in [1.54, 1.807) is 42.3 Å². The molecule has 0 saturated carbocycles. The van der Waals surface area contributed by atoms with Crippen LogP contribution in [0.5, 0.6) is 5.75 Å². The van der Waals surface area contributed by atoms with E-state index in [0.717, 1.165) is 26.6 Å². The fourth-order valence-corrected chi connectivity index (χ4v) is 6.65. The number of halogens is 1. The highest BCUT2D eigenvalue weighted by molar-refractivity contribution is 8.18. The minimum atomic E-state index is -0.471. The number of thiazole rings is 1. The molecule has 6 rings (SSSR count). The van der Waals surface area contributed by atoms with Crippen LogP contribution in [0.3, 0.4) is 0 Å². The fourth-order valence-electron chi connectivity index (χ4n) is 4.47. The van der Waals surface area contributed by atoms with Crippen LogP contribution in [0.2, 0.25) is 5.02 Å². The summed E-state index contributed by atoms with van der Waals surface area (Å²) in [4.78, 5) is 55.6. The molecule has 1 fully saturated rings. The van der Waals surface area contributed by atoms with Gasteiger partial charge in [-0.2, -0.15) is 4.99 Å². The molecule has 1 saturated heterocycles. The van der Waals surface area contributed by atoms with E-state index in [1.807, 2.05) is 42.5 Å². The third-order valence-corrected chi connectivity index (χ3v) is 8.74. The van der Waals surface area contributed by atoms with Crippen molar-refractivity contribution in [3.63, 3.8) is 0 Å². The summed E-state index contributed by atoms with van der Waals surface area (Å²) in [6, 6.07) is 19.5. The summed E-state index contributed by atoms with van der Waals surface area (Å²) in [5, 5.41) is 2.47. The lowest BCUT2D eigenvalue weighted by molar-refractivity contribution is -0.122. The molecule has 2 aliphatic rings. The third kappa shape index (κ3) is 5.68. The van der Waals surface area contributed by atoms with Gasteiger partial charge in [0.05, 0.1) is 40.0 Å². The number of hydroxylamine groups is 2. The zero-order valence-electron chi connectivity index (χ0n) is 22.3. The zero-order chi connectivity index (χ0) is 29.2. The number of unbranched alkanes of at least 4 members (excludes halogenated alkanes) is 1. The number of carbonyl (C=O) groups is 3. The first-order valence-electron chi connectivity index (χ1n) is 13.0. The first kappa shape index (κ1) is 28.1. The molecule has 0 atom stereocenters. The number of hydrogen-bond donors (Lipinski definition) is 0. The Labute approximate surface area is 254 Å². The van der Waals surface area contributed by atoms with Gasteiger partial charge < -0.3 is 4.74 Å². The summed E-state index contributed by atoms with van der Waals surface area (Å²) in [6.07, 6.45) is 2.89. The van der Waals surface area contributed by atoms with E-state index in [0.29, 0.717) is 50.7 Å². The summed E-state index contributed by atoms with van der Waals surface area (Å²) in [6.45, 7) is 0.507. The number of ether oxygens (including phenoxy) is 1. The summed E-state index contributed by atoms with van der Waals surface area (Å²) in [5.41, 5.74) is 2.30. The number of benzene rings is 3. The van der Waals surface area contributed by atoms with E-state index >= 15 is 0 Å². The van der Waals surface area contributed by atoms with Gasteiger partial charge in [0, 0.05) is 11.6 Å². The van der Waals surface area contributed by atoms with Gasteiger partial charge in [0.2, 0.25) is 5.13 Å². The Morgan fingerprint density at radius 1 is 0.952 bits per heavy atom. The minimum absolute atomic E-state index is 0.139. The van der Waals surface area contributed by atoms with Crippen molar-refractivity contribution in [1.29, 1.82) is 0 Å². The van der Waals surface area contributed by atoms with Crippen LogP contribution >= 0.6 is 34.7 Å². The van der Waals surface area contributed by atoms with Crippen molar-refractivity contribution in [2.75, 3.05) is 20.3 Å². The average molecular weight is 619 g/mol. The van der Waals surface area contributed by atoms with Gasteiger partial charge in [0.15, 0.2) is 5.17 Å². The second-order valence-corrected chi connectivity index (χ2v) is 11.8. The van der Waals surface area contributed by atoms with Gasteiger partial charge in [-0.25, -0.2) is 4.98 Å². The quantitative estimate of drug-likeness (QED) is 0.119. The Hall–Kier alpha value is -4.03. The lowest BCUT2D eigenvalue weighted by Gasteiger charge is -2.16. The van der Waals surface area contributed by atoms with E-state index in [9.17, 15) is 14.4 Å². The van der Waals surface area contributed by atoms with Crippen molar-refractivity contribution < 1.29 is 24.0 Å². The number of thioether (sulfide) groups is 1. The highest BCUT2D eigenvalue weighted by atomic mass is 35.5. The van der Waals surface area contributed by atoms with Crippen LogP contribution in [0, 0.1) is 0 Å². The van der Waals surface area contributed by atoms with Gasteiger partial charge in [0.1, 0.15) is 5.75 Å². The van der Waals surface area contributed by atoms with Gasteiger partial charge in [0.25, 0.3) is 17.7 Å². The monoisotopic (exact) mass is 618 g/mol. The molecule has 3 aromatic carbocycles. The van der Waals surface area contributed by atoms with Crippen LogP contribution in [0.4, 0.5) is 5.13 Å². The largest absolute Gasteiger partial charge is 0.497 e. The van der Waals surface area contributed by atoms with Crippen LogP contribution in [0.1, 0.15) is 39.1 Å². The number of methoxy groups -OCH3 is 1. The molecule has 9 nitrogen and oxygen atoms in total. The molecule has 2 aliphatic heterocycles. The van der Waals surface area contributed by atoms with E-state index in [-0.39, 0.29) is 12.5 Å². The third-order valence-electron chi connectivity index (χ3n) is 6.59. The lowest BCUT2D eigenvalue weighted by Crippen LogP contribution is -2.32. The second kappa shape index (κ2) is 12.1. The smallest absolute Gasteiger partial charge is 0.285 e. The number of fused-ring (bicyclic) bond motifs is 2. The zero-order valence-corrected chi connectivity index (χ0v) is 24.7. The number of hydrogen-bond acceptors (Lipinski definition) is 9. The van der Waals surface area contributed by atoms with E-state index < -0.39 is 11.8 Å². The second-order valence-electron chi connectivity index (χ2n) is 9.33. The fraction of sp³-hybridized carbons (Fsp3) is 0.167. The van der Waals surface area contributed by atoms with Gasteiger partial charge in [-0.05, 0) is 78.7 Å². The summed E-state index contributed by atoms with van der Waals surface area (Å²) in [5.74, 6) is -0.381. The number of aromatic nitrogens is 1. The van der Waals surface area contributed by atoms with Crippen LogP contribution in [-0.2, 0) is 9.63 Å². The Bertz CT molecular complexity index is 1730. The van der Waals surface area contributed by atoms with Crippen molar-refractivity contribution in [2.24, 2.45) is 4.99 Å². The molecule has 0 bridgehead atoms. The molecule has 12 heteroatoms. The number of amides is 3. The highest BCUT2D eigenvalue weighted by Gasteiger charge is 2.37. The maximum Gasteiger partial charge on any atom is 0.285 e. The predicted octanol–water partition coefficient (Wildman–Crippen LogP) is 6.57. The molecule has 42 heavy (non-hydrogen) atoms. The molecule has 212 valence electrons. The van der Waals surface area contributed by atoms with E-state index in [1.165, 1.54) is 23.1 Å². The Morgan fingerprint density at radius 3 is 2.40 bits per heavy atom. The van der Waals surface area contributed by atoms with Gasteiger partial charge in [-0.1, -0.05) is 47.2 Å². The molecular formula is C30H23ClN4O5S2. The molecule has 0 N–H and O–H groups in total. The molecule has 3 amide bonds. The van der Waals surface area contributed by atoms with E-state index in [4.69, 9.17) is 26.2 Å². The number of rotatable bonds is 9. The van der Waals surface area contributed by atoms with Gasteiger partial charge >= 0.3 is 0 Å². The molecular weight excluding hydrogens is 596 g/mol. The maximum absolute atomic E-state index is 13.5. The topological polar surface area (TPSA) is 101 Å². The average Bonchev–Trinajstić information content (AvgIpc) is 3.61. The summed E-state index contributed by atoms with van der Waals surface area (Å²) >= 11 is 8.82. The van der Waals surface area contributed by atoms with Crippen LogP contribution < -0.4 is 4.74 Å². The predicted molar refractivity (Wildman–Crippen MR) is 164 cm³/mol. The summed E-state index contributed by atoms with van der Waals surface area (Å²) in [7, 11) is 1.60. The molecule has 4 aromatic rings. The number of carbonyl (C=O) groups excluding carboxylic acids is 3. The molecule has 0 spiro atoms. The molecule has 3 heterocycles. The highest BCUT2D eigenvalue weighted by Crippen LogP contribution is 2.37. The number of imide groups is 1. The van der Waals surface area contributed by atoms with Crippen LogP contribution in [0.15, 0.2) is 76.6 Å². The summed E-state index contributed by atoms with van der Waals surface area (Å²) < 4.78 is 6.14. The maximum atomic E-state index is 13.5. The molecule has 0 unspecified atom stereocenters. The van der Waals surface area contributed by atoms with Crippen molar-refractivity contribution in [2.45, 2.75) is 12.8 Å². The van der Waals surface area contributed by atoms with E-state index in [2.05, 4.69) is 4.98 Å². The lowest BCUT2D eigenvalue weighted by atomic mass is 10.1. The van der Waals surface area contributed by atoms with Crippen molar-refractivity contribution in [3.05, 3.63) is 93.3 Å². The molecule has 1 aromatic heterocycles. The molecule has 0 radical (unpaired) electrons. The van der Waals surface area contributed by atoms with Gasteiger partial charge in [-0.15, -0.1) is 5.06 Å². The van der Waals surface area contributed by atoms with Crippen LogP contribution in [0.25, 0.3) is 16.3 Å². The number of nitrogens with zero attached hydrogens (tertiary/aromatic N) is 4. The number of amidine groups is 1. The standard InChI is InChI=1S/C30H23ClN4O5S2/c1-39-20-11-8-18(9-12-20)16-25-28(38)34(30(42-25)33-29-32-23-13-10-19(31)17-24(23)41-29)14-4-5-15-40-35-26(36)21-6-2-3-7-22(21)27(35)37/h2-3,6-13,16-17H,4-5,14-15H2,1H3/b25-16-,33-30+. The Balaban J connectivity index is 1.16. The van der Waals surface area contributed by atoms with Gasteiger partial charge in [-0.3, -0.25) is 24.1 Å². The Kier molecular flexibility index (Phi) is 8.07. The Morgan fingerprint density at radius 2 is 1.69 bits per heavy atom. The first-order chi connectivity index (χ1) is 20.4. The van der Waals surface area contributed by atoms with Crippen LogP contribution in [-0.4, -0.2) is 58.1 Å². The minimum Gasteiger partial charge on any atom is -0.497 e. The number of aliphatic imine (C=N–C) groups is 1.